The summed E-state index contributed by atoms with van der Waals surface area (Å²) in [4.78, 5) is 30.9. The van der Waals surface area contributed by atoms with Gasteiger partial charge in [-0.15, -0.1) is 0 Å². The van der Waals surface area contributed by atoms with Gasteiger partial charge in [-0.25, -0.2) is 4.79 Å². The van der Waals surface area contributed by atoms with E-state index >= 15 is 0 Å². The molecule has 0 saturated carbocycles. The van der Waals surface area contributed by atoms with Crippen molar-refractivity contribution in [2.75, 3.05) is 4.90 Å². The first kappa shape index (κ1) is 29.1. The summed E-state index contributed by atoms with van der Waals surface area (Å²) in [6, 6.07) is 28.9. The number of rotatable bonds is 8. The number of anilines is 1. The van der Waals surface area contributed by atoms with Gasteiger partial charge >= 0.3 is 5.97 Å². The molecule has 11 heteroatoms. The standard InChI is InChI=1S/C33H27N5O4S2/c1-20-18-28(21(2)36(20)25-7-5-6-22(19-25)32(39)40)31-30(29-8-3-4-17-34-29)35-33(43)37(31)23-9-13-26(14-10-23)44-27-15-11-24(12-16-27)38(41)42/h3-19,30-31H,1-2H3,(H,35,43)(H,39,40)/t30-,31+/m0/s1. The molecule has 2 aromatic heterocycles. The Morgan fingerprint density at radius 3 is 2.30 bits per heavy atom. The van der Waals surface area contributed by atoms with E-state index in [2.05, 4.69) is 25.8 Å². The van der Waals surface area contributed by atoms with Gasteiger partial charge in [0, 0.05) is 50.9 Å². The second-order valence-corrected chi connectivity index (χ2v) is 11.9. The van der Waals surface area contributed by atoms with Gasteiger partial charge in [0.1, 0.15) is 0 Å². The van der Waals surface area contributed by atoms with Gasteiger partial charge in [-0.2, -0.15) is 0 Å². The number of benzene rings is 3. The van der Waals surface area contributed by atoms with Crippen molar-refractivity contribution in [1.29, 1.82) is 0 Å². The summed E-state index contributed by atoms with van der Waals surface area (Å²) < 4.78 is 2.07. The molecule has 1 saturated heterocycles. The largest absolute Gasteiger partial charge is 0.478 e. The van der Waals surface area contributed by atoms with E-state index in [0.29, 0.717) is 5.11 Å². The Morgan fingerprint density at radius 1 is 0.955 bits per heavy atom. The van der Waals surface area contributed by atoms with Crippen LogP contribution in [0.15, 0.2) is 113 Å². The van der Waals surface area contributed by atoms with E-state index in [4.69, 9.17) is 12.2 Å². The smallest absolute Gasteiger partial charge is 0.335 e. The molecule has 0 bridgehead atoms. The Balaban J connectivity index is 1.38. The van der Waals surface area contributed by atoms with Crippen molar-refractivity contribution >= 4 is 46.4 Å². The van der Waals surface area contributed by atoms with Gasteiger partial charge in [-0.3, -0.25) is 15.1 Å². The van der Waals surface area contributed by atoms with Crippen molar-refractivity contribution in [2.45, 2.75) is 35.7 Å². The van der Waals surface area contributed by atoms with Gasteiger partial charge in [0.15, 0.2) is 5.11 Å². The maximum Gasteiger partial charge on any atom is 0.335 e. The highest BCUT2D eigenvalue weighted by molar-refractivity contribution is 7.99. The molecule has 3 heterocycles. The maximum atomic E-state index is 11.7. The van der Waals surface area contributed by atoms with Gasteiger partial charge in [-0.1, -0.05) is 23.9 Å². The number of non-ortho nitro benzene ring substituents is 1. The number of nitrogens with zero attached hydrogens (tertiary/aromatic N) is 4. The zero-order chi connectivity index (χ0) is 31.0. The number of hydrogen-bond acceptors (Lipinski definition) is 6. The monoisotopic (exact) mass is 621 g/mol. The van der Waals surface area contributed by atoms with Crippen LogP contribution >= 0.6 is 24.0 Å². The topological polar surface area (TPSA) is 114 Å². The Morgan fingerprint density at radius 2 is 1.66 bits per heavy atom. The third-order valence-corrected chi connectivity index (χ3v) is 8.97. The van der Waals surface area contributed by atoms with Crippen LogP contribution in [-0.2, 0) is 0 Å². The van der Waals surface area contributed by atoms with Crippen LogP contribution in [0.1, 0.15) is 45.1 Å². The number of aromatic carboxylic acids is 1. The van der Waals surface area contributed by atoms with E-state index in [1.807, 2.05) is 62.4 Å². The number of nitrogens with one attached hydrogen (secondary N) is 1. The second kappa shape index (κ2) is 11.9. The number of pyridine rings is 1. The zero-order valence-electron chi connectivity index (χ0n) is 23.7. The van der Waals surface area contributed by atoms with Crippen molar-refractivity contribution < 1.29 is 14.8 Å². The summed E-state index contributed by atoms with van der Waals surface area (Å²) >= 11 is 7.44. The molecule has 44 heavy (non-hydrogen) atoms. The summed E-state index contributed by atoms with van der Waals surface area (Å²) in [5.74, 6) is -0.976. The molecule has 6 rings (SSSR count). The number of aromatic nitrogens is 2. The molecule has 0 aliphatic carbocycles. The van der Waals surface area contributed by atoms with E-state index in [9.17, 15) is 20.0 Å². The molecule has 0 amide bonds. The molecule has 220 valence electrons. The second-order valence-electron chi connectivity index (χ2n) is 10.4. The Labute approximate surface area is 263 Å². The molecule has 1 aliphatic heterocycles. The fourth-order valence-electron chi connectivity index (χ4n) is 5.66. The number of nitro benzene ring substituents is 1. The van der Waals surface area contributed by atoms with Crippen LogP contribution in [-0.4, -0.2) is 30.7 Å². The van der Waals surface area contributed by atoms with E-state index in [-0.39, 0.29) is 23.3 Å². The van der Waals surface area contributed by atoms with Crippen molar-refractivity contribution in [3.8, 4) is 5.69 Å². The van der Waals surface area contributed by atoms with Gasteiger partial charge < -0.3 is 19.9 Å². The molecule has 1 fully saturated rings. The molecule has 1 aliphatic rings. The summed E-state index contributed by atoms with van der Waals surface area (Å²) in [6.45, 7) is 4.05. The normalized spacial score (nSPS) is 16.1. The molecule has 3 aromatic carbocycles. The Kier molecular flexibility index (Phi) is 7.90. The van der Waals surface area contributed by atoms with Crippen LogP contribution in [0.4, 0.5) is 11.4 Å². The predicted octanol–water partition coefficient (Wildman–Crippen LogP) is 7.42. The average Bonchev–Trinajstić information content (AvgIpc) is 3.52. The van der Waals surface area contributed by atoms with Gasteiger partial charge in [-0.05, 0) is 104 Å². The van der Waals surface area contributed by atoms with Crippen LogP contribution in [0.25, 0.3) is 5.69 Å². The molecule has 2 N–H and O–H groups in total. The molecule has 0 spiro atoms. The summed E-state index contributed by atoms with van der Waals surface area (Å²) in [6.07, 6.45) is 1.77. The number of aryl methyl sites for hydroxylation is 1. The molecule has 2 atom stereocenters. The van der Waals surface area contributed by atoms with Crippen molar-refractivity contribution in [1.82, 2.24) is 14.9 Å². The maximum absolute atomic E-state index is 11.7. The first-order chi connectivity index (χ1) is 21.2. The lowest BCUT2D eigenvalue weighted by Gasteiger charge is -2.28. The highest BCUT2D eigenvalue weighted by Gasteiger charge is 2.42. The first-order valence-corrected chi connectivity index (χ1v) is 15.0. The molecule has 0 radical (unpaired) electrons. The van der Waals surface area contributed by atoms with Crippen molar-refractivity contribution in [3.05, 3.63) is 142 Å². The van der Waals surface area contributed by atoms with Crippen LogP contribution in [0.5, 0.6) is 0 Å². The summed E-state index contributed by atoms with van der Waals surface area (Å²) in [5.41, 5.74) is 5.78. The lowest BCUT2D eigenvalue weighted by Crippen LogP contribution is -2.29. The van der Waals surface area contributed by atoms with E-state index in [0.717, 1.165) is 43.8 Å². The summed E-state index contributed by atoms with van der Waals surface area (Å²) in [7, 11) is 0. The minimum absolute atomic E-state index is 0.0576. The first-order valence-electron chi connectivity index (χ1n) is 13.8. The van der Waals surface area contributed by atoms with Crippen LogP contribution in [0.2, 0.25) is 0 Å². The fraction of sp³-hybridized carbons (Fsp3) is 0.121. The number of thiocarbonyl (C=S) groups is 1. The van der Waals surface area contributed by atoms with Crippen LogP contribution in [0, 0.1) is 24.0 Å². The minimum atomic E-state index is -0.976. The Hall–Kier alpha value is -5.00. The number of carboxylic acids is 1. The highest BCUT2D eigenvalue weighted by atomic mass is 32.2. The molecule has 5 aromatic rings. The molecule has 9 nitrogen and oxygen atoms in total. The number of carbonyl (C=O) groups is 1. The third kappa shape index (κ3) is 5.54. The molecular formula is C33H27N5O4S2. The zero-order valence-corrected chi connectivity index (χ0v) is 25.4. The third-order valence-electron chi connectivity index (χ3n) is 7.64. The van der Waals surface area contributed by atoms with Gasteiger partial charge in [0.25, 0.3) is 5.69 Å². The van der Waals surface area contributed by atoms with Crippen LogP contribution in [0.3, 0.4) is 0 Å². The number of carboxylic acid groups (broad SMARTS) is 1. The van der Waals surface area contributed by atoms with Crippen molar-refractivity contribution in [2.24, 2.45) is 0 Å². The minimum Gasteiger partial charge on any atom is -0.478 e. The Bertz CT molecular complexity index is 1880. The lowest BCUT2D eigenvalue weighted by molar-refractivity contribution is -0.384. The highest BCUT2D eigenvalue weighted by Crippen LogP contribution is 2.44. The number of nitro groups is 1. The SMILES string of the molecule is Cc1cc([C@@H]2[C@H](c3ccccn3)NC(=S)N2c2ccc(Sc3ccc([N+](=O)[O-])cc3)cc2)c(C)n1-c1cccc(C(=O)O)c1. The fourth-order valence-corrected chi connectivity index (χ4v) is 6.82. The number of hydrogen-bond donors (Lipinski definition) is 2. The predicted molar refractivity (Wildman–Crippen MR) is 174 cm³/mol. The average molecular weight is 622 g/mol. The molecular weight excluding hydrogens is 595 g/mol. The van der Waals surface area contributed by atoms with E-state index in [1.165, 1.54) is 23.9 Å². The van der Waals surface area contributed by atoms with Gasteiger partial charge in [0.05, 0.1) is 28.3 Å². The molecule has 0 unspecified atom stereocenters. The quantitative estimate of drug-likeness (QED) is 0.104. The lowest BCUT2D eigenvalue weighted by atomic mass is 9.96. The van der Waals surface area contributed by atoms with E-state index < -0.39 is 10.9 Å². The van der Waals surface area contributed by atoms with Gasteiger partial charge in [0.2, 0.25) is 0 Å². The van der Waals surface area contributed by atoms with Crippen LogP contribution < -0.4 is 10.2 Å². The van der Waals surface area contributed by atoms with E-state index in [1.54, 1.807) is 36.5 Å². The van der Waals surface area contributed by atoms with Crippen molar-refractivity contribution in [3.63, 3.8) is 0 Å². The summed E-state index contributed by atoms with van der Waals surface area (Å²) in [5, 5.41) is 24.7.